The predicted molar refractivity (Wildman–Crippen MR) is 210 cm³/mol. The van der Waals surface area contributed by atoms with Crippen LogP contribution in [-0.4, -0.2) is 19.3 Å². The smallest absolute Gasteiger partial charge is 0.258 e. The van der Waals surface area contributed by atoms with Gasteiger partial charge in [-0.25, -0.2) is 0 Å². The highest BCUT2D eigenvalue weighted by Crippen LogP contribution is 2.32. The summed E-state index contributed by atoms with van der Waals surface area (Å²) in [5.74, 6) is 0. The molecule has 268 valence electrons. The second-order valence-corrected chi connectivity index (χ2v) is 16.9. The lowest BCUT2D eigenvalue weighted by Gasteiger charge is -2.31. The molecular formula is C43H72O3S. The number of allylic oxidation sites excluding steroid dienone is 13. The van der Waals surface area contributed by atoms with Gasteiger partial charge in [-0.3, -0.25) is 4.18 Å². The molecule has 0 radical (unpaired) electrons. The molecule has 0 heterocycles. The number of rotatable bonds is 23. The first-order valence-corrected chi connectivity index (χ1v) is 19.5. The Bertz CT molecular complexity index is 1220. The van der Waals surface area contributed by atoms with Crippen molar-refractivity contribution in [3.63, 3.8) is 0 Å². The van der Waals surface area contributed by atoms with Crippen LogP contribution in [0, 0.1) is 0 Å². The first-order chi connectivity index (χ1) is 21.9. The molecule has 0 saturated heterocycles. The molecule has 4 heteroatoms. The minimum absolute atomic E-state index is 0.515. The van der Waals surface area contributed by atoms with Crippen LogP contribution < -0.4 is 0 Å². The van der Waals surface area contributed by atoms with Crippen molar-refractivity contribution in [1.29, 1.82) is 0 Å². The van der Waals surface area contributed by atoms with Gasteiger partial charge in [-0.1, -0.05) is 93.2 Å². The number of hydrogen-bond acceptors (Lipinski definition) is 3. The molecule has 0 rings (SSSR count). The topological polar surface area (TPSA) is 43.4 Å². The Kier molecular flexibility index (Phi) is 22.9. The van der Waals surface area contributed by atoms with Crippen molar-refractivity contribution in [3.05, 3.63) is 93.2 Å². The maximum absolute atomic E-state index is 13.3. The molecule has 47 heavy (non-hydrogen) atoms. The van der Waals surface area contributed by atoms with Gasteiger partial charge in [-0.05, 0) is 154 Å². The summed E-state index contributed by atoms with van der Waals surface area (Å²) in [4.78, 5) is 0. The maximum Gasteiger partial charge on any atom is 0.270 e. The molecule has 0 fully saturated rings. The van der Waals surface area contributed by atoms with E-state index in [-0.39, 0.29) is 0 Å². The molecule has 0 aliphatic heterocycles. The third-order valence-corrected chi connectivity index (χ3v) is 10.0. The summed E-state index contributed by atoms with van der Waals surface area (Å²) in [6.45, 7) is 27.1. The minimum atomic E-state index is -3.76. The highest BCUT2D eigenvalue weighted by molar-refractivity contribution is 7.87. The summed E-state index contributed by atoms with van der Waals surface area (Å²) in [7, 11) is -3.76. The molecule has 0 aromatic heterocycles. The van der Waals surface area contributed by atoms with E-state index < -0.39 is 21.0 Å². The van der Waals surface area contributed by atoms with Crippen molar-refractivity contribution >= 4 is 10.1 Å². The molecule has 0 aliphatic carbocycles. The minimum Gasteiger partial charge on any atom is -0.258 e. The monoisotopic (exact) mass is 669 g/mol. The molecule has 0 N–H and O–H groups in total. The third kappa shape index (κ3) is 23.7. The van der Waals surface area contributed by atoms with Gasteiger partial charge in [-0.2, -0.15) is 8.42 Å². The van der Waals surface area contributed by atoms with E-state index in [2.05, 4.69) is 125 Å². The van der Waals surface area contributed by atoms with Crippen molar-refractivity contribution in [2.75, 3.05) is 0 Å². The third-order valence-electron chi connectivity index (χ3n) is 8.30. The Balaban J connectivity index is 6.23. The lowest BCUT2D eigenvalue weighted by atomic mass is 9.89. The van der Waals surface area contributed by atoms with Gasteiger partial charge in [0.15, 0.2) is 0 Å². The van der Waals surface area contributed by atoms with E-state index in [1.54, 1.807) is 13.8 Å². The average molecular weight is 669 g/mol. The molecule has 3 nitrogen and oxygen atoms in total. The van der Waals surface area contributed by atoms with E-state index >= 15 is 0 Å². The van der Waals surface area contributed by atoms with E-state index in [4.69, 9.17) is 4.18 Å². The fourth-order valence-electron chi connectivity index (χ4n) is 5.10. The van der Waals surface area contributed by atoms with Gasteiger partial charge in [0.05, 0.1) is 5.25 Å². The van der Waals surface area contributed by atoms with E-state index in [0.717, 1.165) is 69.8 Å². The largest absolute Gasteiger partial charge is 0.270 e. The van der Waals surface area contributed by atoms with Crippen LogP contribution in [0.5, 0.6) is 0 Å². The van der Waals surface area contributed by atoms with Gasteiger partial charge in [0, 0.05) is 12.8 Å². The van der Waals surface area contributed by atoms with Gasteiger partial charge < -0.3 is 0 Å². The Hall–Kier alpha value is -2.17. The van der Waals surface area contributed by atoms with Crippen LogP contribution in [0.2, 0.25) is 0 Å². The van der Waals surface area contributed by atoms with E-state index in [0.29, 0.717) is 12.8 Å². The Morgan fingerprint density at radius 3 is 1.11 bits per heavy atom. The first kappa shape index (κ1) is 44.8. The molecule has 0 aliphatic rings. The standard InChI is InChI=1S/C43H72O3S/c1-34(2)19-14-22-38(9)24-17-26-40(11)29-31-43(46-47(44,45)37(7)8,33-42(13)28-16-21-36(5)6)32-30-41(12)27-18-25-39(10)23-15-20-35(3)4/h19-21,24-25,29-30,33,37H,14-18,22-23,26-28,31-32H2,1-13H3. The number of hydrogen-bond donors (Lipinski definition) is 0. The fourth-order valence-corrected chi connectivity index (χ4v) is 5.94. The van der Waals surface area contributed by atoms with Gasteiger partial charge >= 0.3 is 0 Å². The van der Waals surface area contributed by atoms with Crippen molar-refractivity contribution in [3.8, 4) is 0 Å². The molecule has 0 amide bonds. The van der Waals surface area contributed by atoms with Crippen LogP contribution in [0.15, 0.2) is 93.2 Å². The van der Waals surface area contributed by atoms with Crippen LogP contribution in [0.25, 0.3) is 0 Å². The van der Waals surface area contributed by atoms with Crippen molar-refractivity contribution in [2.45, 2.75) is 178 Å². The lowest BCUT2D eigenvalue weighted by molar-refractivity contribution is 0.131. The Morgan fingerprint density at radius 2 is 0.787 bits per heavy atom. The maximum atomic E-state index is 13.3. The second kappa shape index (κ2) is 24.0. The molecular weight excluding hydrogens is 597 g/mol. The Labute approximate surface area is 292 Å². The fraction of sp³-hybridized carbons (Fsp3) is 0.628. The van der Waals surface area contributed by atoms with Crippen LogP contribution in [0.3, 0.4) is 0 Å². The van der Waals surface area contributed by atoms with Gasteiger partial charge in [0.25, 0.3) is 10.1 Å². The summed E-state index contributed by atoms with van der Waals surface area (Å²) in [5, 5.41) is -0.615. The zero-order valence-corrected chi connectivity index (χ0v) is 33.6. The van der Waals surface area contributed by atoms with E-state index in [9.17, 15) is 8.42 Å². The molecule has 0 saturated carbocycles. The quantitative estimate of drug-likeness (QED) is 0.0804. The SMILES string of the molecule is CC(C)=CCCC(C)=CCCC(C)=CCC(C=C(C)CCC=C(C)C)(CC=C(C)CCC=C(C)CCC=C(C)C)OS(=O)(=O)C(C)C. The van der Waals surface area contributed by atoms with Crippen LogP contribution in [0.1, 0.15) is 167 Å². The van der Waals surface area contributed by atoms with Crippen molar-refractivity contribution in [1.82, 2.24) is 0 Å². The summed E-state index contributed by atoms with van der Waals surface area (Å²) >= 11 is 0. The van der Waals surface area contributed by atoms with Gasteiger partial charge in [-0.15, -0.1) is 0 Å². The molecule has 0 spiro atoms. The summed E-state index contributed by atoms with van der Waals surface area (Å²) in [6.07, 6.45) is 29.1. The zero-order valence-electron chi connectivity index (χ0n) is 32.8. The zero-order chi connectivity index (χ0) is 36.0. The van der Waals surface area contributed by atoms with Crippen molar-refractivity contribution < 1.29 is 12.6 Å². The van der Waals surface area contributed by atoms with Crippen molar-refractivity contribution in [2.24, 2.45) is 0 Å². The van der Waals surface area contributed by atoms with Crippen LogP contribution in [-0.2, 0) is 14.3 Å². The predicted octanol–water partition coefficient (Wildman–Crippen LogP) is 13.8. The molecule has 0 atom stereocenters. The average Bonchev–Trinajstić information content (AvgIpc) is 2.94. The van der Waals surface area contributed by atoms with Gasteiger partial charge in [0.1, 0.15) is 5.60 Å². The normalized spacial score (nSPS) is 15.1. The van der Waals surface area contributed by atoms with E-state index in [1.807, 2.05) is 0 Å². The summed E-state index contributed by atoms with van der Waals surface area (Å²) < 4.78 is 32.9. The molecule has 0 aromatic carbocycles. The second-order valence-electron chi connectivity index (χ2n) is 14.8. The summed E-state index contributed by atoms with van der Waals surface area (Å²) in [5.41, 5.74) is 9.58. The van der Waals surface area contributed by atoms with Gasteiger partial charge in [0.2, 0.25) is 0 Å². The summed E-state index contributed by atoms with van der Waals surface area (Å²) in [6, 6.07) is 0. The molecule has 0 aromatic rings. The highest BCUT2D eigenvalue weighted by Gasteiger charge is 2.34. The van der Waals surface area contributed by atoms with Crippen LogP contribution in [0.4, 0.5) is 0 Å². The Morgan fingerprint density at radius 1 is 0.489 bits per heavy atom. The molecule has 0 unspecified atom stereocenters. The highest BCUT2D eigenvalue weighted by atomic mass is 32.2. The van der Waals surface area contributed by atoms with E-state index in [1.165, 1.54) is 39.0 Å². The lowest BCUT2D eigenvalue weighted by Crippen LogP contribution is -2.35. The van der Waals surface area contributed by atoms with Crippen LogP contribution >= 0.6 is 0 Å². The molecule has 0 bridgehead atoms. The first-order valence-electron chi connectivity index (χ1n) is 18.0.